The molecule has 3 nitrogen and oxygen atoms in total. The Balaban J connectivity index is 1.97. The Hall–Kier alpha value is -2.00. The van der Waals surface area contributed by atoms with E-state index in [0.717, 1.165) is 19.1 Å². The molecule has 0 radical (unpaired) electrons. The van der Waals surface area contributed by atoms with Crippen LogP contribution in [0, 0.1) is 29.1 Å². The van der Waals surface area contributed by atoms with Crippen molar-refractivity contribution in [2.75, 3.05) is 5.32 Å². The van der Waals surface area contributed by atoms with E-state index in [9.17, 15) is 8.78 Å². The predicted octanol–water partition coefficient (Wildman–Crippen LogP) is 6.31. The van der Waals surface area contributed by atoms with Gasteiger partial charge in [-0.25, -0.2) is 13.8 Å². The van der Waals surface area contributed by atoms with E-state index in [0.29, 0.717) is 22.8 Å². The molecule has 0 unspecified atom stereocenters. The summed E-state index contributed by atoms with van der Waals surface area (Å²) in [7, 11) is 0. The molecule has 4 rings (SSSR count). The number of rotatable bonds is 3. The first-order valence-corrected chi connectivity index (χ1v) is 9.80. The molecular weight excluding hydrogens is 467 g/mol. The van der Waals surface area contributed by atoms with Gasteiger partial charge in [0.05, 0.1) is 5.56 Å². The van der Waals surface area contributed by atoms with Gasteiger partial charge in [-0.3, -0.25) is 4.40 Å². The van der Waals surface area contributed by atoms with Crippen molar-refractivity contribution in [1.29, 1.82) is 0 Å². The molecule has 4 aromatic rings. The first-order valence-electron chi connectivity index (χ1n) is 7.91. The Kier molecular flexibility index (Phi) is 4.44. The summed E-state index contributed by atoms with van der Waals surface area (Å²) in [5.41, 5.74) is 2.76. The molecule has 0 amide bonds. The summed E-state index contributed by atoms with van der Waals surface area (Å²) in [5.74, 6) is 0.0519. The topological polar surface area (TPSA) is 29.3 Å². The Labute approximate surface area is 166 Å². The van der Waals surface area contributed by atoms with Gasteiger partial charge in [0.25, 0.3) is 0 Å². The van der Waals surface area contributed by atoms with Gasteiger partial charge in [0.15, 0.2) is 4.96 Å². The summed E-state index contributed by atoms with van der Waals surface area (Å²) in [4.78, 5) is 6.63. The number of aromatic nitrogens is 2. The number of nitrogens with one attached hydrogen (secondary N) is 1. The van der Waals surface area contributed by atoms with Crippen molar-refractivity contribution < 1.29 is 8.78 Å². The molecule has 0 aliphatic heterocycles. The fourth-order valence-electron chi connectivity index (χ4n) is 2.83. The van der Waals surface area contributed by atoms with Crippen molar-refractivity contribution in [2.24, 2.45) is 0 Å². The highest BCUT2D eigenvalue weighted by molar-refractivity contribution is 14.1. The lowest BCUT2D eigenvalue weighted by molar-refractivity contribution is 0.628. The molecule has 26 heavy (non-hydrogen) atoms. The quantitative estimate of drug-likeness (QED) is 0.348. The highest BCUT2D eigenvalue weighted by atomic mass is 127. The molecule has 0 aliphatic rings. The van der Waals surface area contributed by atoms with Crippen molar-refractivity contribution in [3.63, 3.8) is 0 Å². The highest BCUT2D eigenvalue weighted by Gasteiger charge is 2.22. The molecule has 132 valence electrons. The van der Waals surface area contributed by atoms with Crippen LogP contribution in [0.25, 0.3) is 16.2 Å². The Morgan fingerprint density at radius 3 is 2.50 bits per heavy atom. The predicted molar refractivity (Wildman–Crippen MR) is 110 cm³/mol. The molecule has 2 aromatic heterocycles. The second-order valence-corrected chi connectivity index (χ2v) is 8.24. The minimum Gasteiger partial charge on any atom is -0.339 e. The SMILES string of the molecule is Cc1sc2nc(-c3c(F)cccc3I)c(Nc3ccc(F)cc3)n2c1C. The lowest BCUT2D eigenvalue weighted by Crippen LogP contribution is -2.00. The normalized spacial score (nSPS) is 11.3. The number of aryl methyl sites for hydroxylation is 2. The highest BCUT2D eigenvalue weighted by Crippen LogP contribution is 2.38. The number of hydrogen-bond donors (Lipinski definition) is 1. The Morgan fingerprint density at radius 2 is 1.81 bits per heavy atom. The molecule has 2 aromatic carbocycles. The van der Waals surface area contributed by atoms with Crippen molar-refractivity contribution in [1.82, 2.24) is 9.38 Å². The molecule has 0 saturated heterocycles. The first-order chi connectivity index (χ1) is 12.5. The third-order valence-corrected chi connectivity index (χ3v) is 6.20. The van der Waals surface area contributed by atoms with Crippen molar-refractivity contribution in [3.8, 4) is 11.3 Å². The molecule has 1 N–H and O–H groups in total. The molecule has 2 heterocycles. The van der Waals surface area contributed by atoms with Crippen LogP contribution >= 0.6 is 33.9 Å². The molecular formula is C19H14F2IN3S. The zero-order chi connectivity index (χ0) is 18.4. The van der Waals surface area contributed by atoms with Crippen LogP contribution in [0.5, 0.6) is 0 Å². The van der Waals surface area contributed by atoms with Crippen LogP contribution in [-0.2, 0) is 0 Å². The maximum absolute atomic E-state index is 14.6. The summed E-state index contributed by atoms with van der Waals surface area (Å²) in [6, 6.07) is 11.1. The Morgan fingerprint density at radius 1 is 1.08 bits per heavy atom. The van der Waals surface area contributed by atoms with Gasteiger partial charge in [0.2, 0.25) is 0 Å². The first kappa shape index (κ1) is 17.4. The summed E-state index contributed by atoms with van der Waals surface area (Å²) in [5, 5.41) is 3.30. The van der Waals surface area contributed by atoms with Gasteiger partial charge < -0.3 is 5.32 Å². The van der Waals surface area contributed by atoms with Crippen molar-refractivity contribution in [3.05, 3.63) is 68.2 Å². The van der Waals surface area contributed by atoms with E-state index in [2.05, 4.69) is 27.9 Å². The number of fused-ring (bicyclic) bond motifs is 1. The third-order valence-electron chi connectivity index (χ3n) is 4.24. The third kappa shape index (κ3) is 2.88. The van der Waals surface area contributed by atoms with Gasteiger partial charge >= 0.3 is 0 Å². The fourth-order valence-corrected chi connectivity index (χ4v) is 4.52. The molecule has 0 bridgehead atoms. The van der Waals surface area contributed by atoms with Crippen molar-refractivity contribution in [2.45, 2.75) is 13.8 Å². The van der Waals surface area contributed by atoms with E-state index < -0.39 is 0 Å². The minimum absolute atomic E-state index is 0.305. The maximum atomic E-state index is 14.6. The van der Waals surface area contributed by atoms with E-state index in [1.54, 1.807) is 29.5 Å². The van der Waals surface area contributed by atoms with Crippen LogP contribution in [0.2, 0.25) is 0 Å². The summed E-state index contributed by atoms with van der Waals surface area (Å²) >= 11 is 3.68. The van der Waals surface area contributed by atoms with E-state index >= 15 is 0 Å². The Bertz CT molecular complexity index is 1100. The molecule has 0 atom stereocenters. The lowest BCUT2D eigenvalue weighted by atomic mass is 10.1. The van der Waals surface area contributed by atoms with Gasteiger partial charge in [-0.2, -0.15) is 0 Å². The molecule has 0 spiro atoms. The van der Waals surface area contributed by atoms with Gasteiger partial charge in [0, 0.05) is 19.8 Å². The minimum atomic E-state index is -0.320. The van der Waals surface area contributed by atoms with Gasteiger partial charge in [0.1, 0.15) is 23.1 Å². The lowest BCUT2D eigenvalue weighted by Gasteiger charge is -2.11. The van der Waals surface area contributed by atoms with Crippen LogP contribution in [-0.4, -0.2) is 9.38 Å². The van der Waals surface area contributed by atoms with Crippen LogP contribution < -0.4 is 5.32 Å². The number of benzene rings is 2. The number of anilines is 2. The van der Waals surface area contributed by atoms with E-state index in [1.807, 2.05) is 24.3 Å². The summed E-state index contributed by atoms with van der Waals surface area (Å²) in [6.07, 6.45) is 0. The number of thiazole rings is 1. The standard InChI is InChI=1S/C19H14F2IN3S/c1-10-11(2)26-19-24-17(16-14(21)4-3-5-15(16)22)18(25(10)19)23-13-8-6-12(20)7-9-13/h3-9,23H,1-2H3. The second-order valence-electron chi connectivity index (χ2n) is 5.90. The number of nitrogens with zero attached hydrogens (tertiary/aromatic N) is 2. The van der Waals surface area contributed by atoms with Crippen LogP contribution in [0.3, 0.4) is 0 Å². The largest absolute Gasteiger partial charge is 0.339 e. The van der Waals surface area contributed by atoms with Gasteiger partial charge in [-0.1, -0.05) is 6.07 Å². The molecule has 7 heteroatoms. The van der Waals surface area contributed by atoms with Crippen molar-refractivity contribution >= 4 is 50.4 Å². The second kappa shape index (κ2) is 6.62. The smallest absolute Gasteiger partial charge is 0.196 e. The zero-order valence-electron chi connectivity index (χ0n) is 14.0. The van der Waals surface area contributed by atoms with E-state index in [4.69, 9.17) is 4.98 Å². The zero-order valence-corrected chi connectivity index (χ0v) is 17.0. The van der Waals surface area contributed by atoms with E-state index in [1.165, 1.54) is 18.2 Å². The maximum Gasteiger partial charge on any atom is 0.196 e. The van der Waals surface area contributed by atoms with Crippen LogP contribution in [0.1, 0.15) is 10.6 Å². The number of halogens is 3. The number of imidazole rings is 1. The summed E-state index contributed by atoms with van der Waals surface area (Å²) < 4.78 is 30.6. The van der Waals surface area contributed by atoms with Crippen LogP contribution in [0.15, 0.2) is 42.5 Å². The summed E-state index contributed by atoms with van der Waals surface area (Å²) in [6.45, 7) is 4.04. The van der Waals surface area contributed by atoms with E-state index in [-0.39, 0.29) is 11.6 Å². The average Bonchev–Trinajstić information content (AvgIpc) is 3.07. The monoisotopic (exact) mass is 481 g/mol. The van der Waals surface area contributed by atoms with Gasteiger partial charge in [-0.05, 0) is 72.8 Å². The molecule has 0 saturated carbocycles. The fraction of sp³-hybridized carbons (Fsp3) is 0.105. The average molecular weight is 481 g/mol. The molecule has 0 aliphatic carbocycles. The molecule has 0 fully saturated rings. The van der Waals surface area contributed by atoms with Gasteiger partial charge in [-0.15, -0.1) is 11.3 Å². The number of hydrogen-bond acceptors (Lipinski definition) is 3. The van der Waals surface area contributed by atoms with Crippen LogP contribution in [0.4, 0.5) is 20.3 Å².